The van der Waals surface area contributed by atoms with Crippen LogP contribution in [0.4, 0.5) is 4.39 Å². The molecule has 0 bridgehead atoms. The van der Waals surface area contributed by atoms with E-state index in [1.807, 2.05) is 48.5 Å². The number of benzene rings is 3. The van der Waals surface area contributed by atoms with E-state index >= 15 is 0 Å². The van der Waals surface area contributed by atoms with Crippen LogP contribution < -0.4 is 9.47 Å². The standard InChI is InChI=1S/C29H30FN3O5/c1-36-16-15-32(29(35)22-11-4-6-13-24(22)30)19-28(34)33-26(23-12-5-7-14-27(23)38-3)18-25(31-33)20-9-8-10-21(17-20)37-2/h4-14,17,26H,15-16,18-19H2,1-3H3/t26-/m1/s1. The molecule has 3 aromatic carbocycles. The third-order valence-corrected chi connectivity index (χ3v) is 6.35. The molecule has 0 aromatic heterocycles. The molecule has 9 heteroatoms. The van der Waals surface area contributed by atoms with E-state index in [-0.39, 0.29) is 25.3 Å². The monoisotopic (exact) mass is 519 g/mol. The lowest BCUT2D eigenvalue weighted by Gasteiger charge is -2.27. The summed E-state index contributed by atoms with van der Waals surface area (Å²) in [6.45, 7) is -0.0200. The molecule has 8 nitrogen and oxygen atoms in total. The lowest BCUT2D eigenvalue weighted by atomic mass is 9.97. The second-order valence-electron chi connectivity index (χ2n) is 8.68. The van der Waals surface area contributed by atoms with Crippen molar-refractivity contribution < 1.29 is 28.2 Å². The van der Waals surface area contributed by atoms with Gasteiger partial charge in [0.1, 0.15) is 23.9 Å². The largest absolute Gasteiger partial charge is 0.497 e. The Hall–Kier alpha value is -4.24. The molecule has 1 aliphatic rings. The predicted octanol–water partition coefficient (Wildman–Crippen LogP) is 4.31. The van der Waals surface area contributed by atoms with Gasteiger partial charge in [0.05, 0.1) is 38.1 Å². The number of halogens is 1. The molecular weight excluding hydrogens is 489 g/mol. The number of methoxy groups -OCH3 is 3. The summed E-state index contributed by atoms with van der Waals surface area (Å²) in [5.74, 6) is -0.377. The first kappa shape index (κ1) is 26.8. The van der Waals surface area contributed by atoms with Crippen LogP contribution in [0.3, 0.4) is 0 Å². The van der Waals surface area contributed by atoms with Crippen LogP contribution in [0.1, 0.15) is 33.9 Å². The van der Waals surface area contributed by atoms with Crippen molar-refractivity contribution in [2.45, 2.75) is 12.5 Å². The van der Waals surface area contributed by atoms with Crippen molar-refractivity contribution in [3.05, 3.63) is 95.3 Å². The summed E-state index contributed by atoms with van der Waals surface area (Å²) < 4.78 is 30.5. The summed E-state index contributed by atoms with van der Waals surface area (Å²) in [5, 5.41) is 6.09. The number of rotatable bonds is 10. The number of carbonyl (C=O) groups is 2. The Balaban J connectivity index is 1.68. The maximum Gasteiger partial charge on any atom is 0.262 e. The van der Waals surface area contributed by atoms with Gasteiger partial charge in [0, 0.05) is 31.2 Å². The van der Waals surface area contributed by atoms with E-state index in [4.69, 9.17) is 19.3 Å². The number of para-hydroxylation sites is 1. The lowest BCUT2D eigenvalue weighted by Crippen LogP contribution is -2.43. The quantitative estimate of drug-likeness (QED) is 0.399. The first-order chi connectivity index (χ1) is 18.5. The SMILES string of the molecule is COCCN(CC(=O)N1N=C(c2cccc(OC)c2)C[C@@H]1c1ccccc1OC)C(=O)c1ccccc1F. The molecular formula is C29H30FN3O5. The predicted molar refractivity (Wildman–Crippen MR) is 141 cm³/mol. The highest BCUT2D eigenvalue weighted by molar-refractivity contribution is 6.04. The van der Waals surface area contributed by atoms with E-state index in [0.29, 0.717) is 23.6 Å². The van der Waals surface area contributed by atoms with Crippen LogP contribution in [0.5, 0.6) is 11.5 Å². The van der Waals surface area contributed by atoms with E-state index in [1.54, 1.807) is 20.3 Å². The van der Waals surface area contributed by atoms with Crippen molar-refractivity contribution in [2.24, 2.45) is 5.10 Å². The summed E-state index contributed by atoms with van der Waals surface area (Å²) >= 11 is 0. The molecule has 0 saturated heterocycles. The van der Waals surface area contributed by atoms with Gasteiger partial charge in [-0.3, -0.25) is 9.59 Å². The molecule has 0 radical (unpaired) electrons. The van der Waals surface area contributed by atoms with Gasteiger partial charge in [-0.25, -0.2) is 9.40 Å². The van der Waals surface area contributed by atoms with E-state index < -0.39 is 23.7 Å². The summed E-state index contributed by atoms with van der Waals surface area (Å²) in [6, 6.07) is 20.1. The van der Waals surface area contributed by atoms with Crippen molar-refractivity contribution in [1.82, 2.24) is 9.91 Å². The lowest BCUT2D eigenvalue weighted by molar-refractivity contribution is -0.133. The Bertz CT molecular complexity index is 1330. The molecule has 0 saturated carbocycles. The van der Waals surface area contributed by atoms with Gasteiger partial charge in [-0.05, 0) is 30.3 Å². The zero-order chi connectivity index (χ0) is 27.1. The number of amides is 2. The van der Waals surface area contributed by atoms with Crippen LogP contribution in [0.2, 0.25) is 0 Å². The first-order valence-corrected chi connectivity index (χ1v) is 12.2. The fourth-order valence-corrected chi connectivity index (χ4v) is 4.40. The van der Waals surface area contributed by atoms with Crippen molar-refractivity contribution >= 4 is 17.5 Å². The molecule has 0 unspecified atom stereocenters. The summed E-state index contributed by atoms with van der Waals surface area (Å²) in [5.41, 5.74) is 2.18. The minimum absolute atomic E-state index is 0.106. The highest BCUT2D eigenvalue weighted by Gasteiger charge is 2.36. The maximum absolute atomic E-state index is 14.4. The van der Waals surface area contributed by atoms with Gasteiger partial charge < -0.3 is 19.1 Å². The maximum atomic E-state index is 14.4. The molecule has 3 aromatic rings. The molecule has 0 fully saturated rings. The van der Waals surface area contributed by atoms with E-state index in [1.165, 1.54) is 35.2 Å². The molecule has 38 heavy (non-hydrogen) atoms. The molecule has 0 spiro atoms. The zero-order valence-corrected chi connectivity index (χ0v) is 21.6. The number of hydrogen-bond donors (Lipinski definition) is 0. The molecule has 0 N–H and O–H groups in total. The average Bonchev–Trinajstić information content (AvgIpc) is 3.40. The highest BCUT2D eigenvalue weighted by Crippen LogP contribution is 2.37. The molecule has 4 rings (SSSR count). The number of nitrogens with zero attached hydrogens (tertiary/aromatic N) is 3. The van der Waals surface area contributed by atoms with Gasteiger partial charge in [0.25, 0.3) is 11.8 Å². The van der Waals surface area contributed by atoms with Gasteiger partial charge in [-0.1, -0.05) is 42.5 Å². The van der Waals surface area contributed by atoms with E-state index in [2.05, 4.69) is 0 Å². The number of hydrogen-bond acceptors (Lipinski definition) is 6. The number of ether oxygens (including phenoxy) is 3. The minimum Gasteiger partial charge on any atom is -0.497 e. The van der Waals surface area contributed by atoms with Crippen LogP contribution in [-0.2, 0) is 9.53 Å². The van der Waals surface area contributed by atoms with E-state index in [0.717, 1.165) is 11.1 Å². The topological polar surface area (TPSA) is 80.7 Å². The van der Waals surface area contributed by atoms with Crippen LogP contribution in [0.25, 0.3) is 0 Å². The number of hydrazone groups is 1. The Morgan fingerprint density at radius 3 is 2.50 bits per heavy atom. The van der Waals surface area contributed by atoms with Crippen LogP contribution >= 0.6 is 0 Å². The Kier molecular flexibility index (Phi) is 8.70. The Morgan fingerprint density at radius 2 is 1.76 bits per heavy atom. The van der Waals surface area contributed by atoms with Crippen molar-refractivity contribution in [3.63, 3.8) is 0 Å². The fraction of sp³-hybridized carbons (Fsp3) is 0.276. The van der Waals surface area contributed by atoms with Gasteiger partial charge in [0.2, 0.25) is 0 Å². The second kappa shape index (κ2) is 12.3. The summed E-state index contributed by atoms with van der Waals surface area (Å²) in [4.78, 5) is 28.2. The van der Waals surface area contributed by atoms with Gasteiger partial charge in [-0.2, -0.15) is 5.10 Å². The molecule has 1 aliphatic heterocycles. The van der Waals surface area contributed by atoms with Gasteiger partial charge in [0.15, 0.2) is 0 Å². The normalized spacial score (nSPS) is 14.7. The third-order valence-electron chi connectivity index (χ3n) is 6.35. The number of carbonyl (C=O) groups excluding carboxylic acids is 2. The van der Waals surface area contributed by atoms with Gasteiger partial charge >= 0.3 is 0 Å². The van der Waals surface area contributed by atoms with Crippen molar-refractivity contribution in [2.75, 3.05) is 41.0 Å². The molecule has 1 atom stereocenters. The summed E-state index contributed by atoms with van der Waals surface area (Å²) in [6.07, 6.45) is 0.429. The third kappa shape index (κ3) is 5.84. The smallest absolute Gasteiger partial charge is 0.262 e. The van der Waals surface area contributed by atoms with Crippen molar-refractivity contribution in [1.29, 1.82) is 0 Å². The van der Waals surface area contributed by atoms with Gasteiger partial charge in [-0.15, -0.1) is 0 Å². The minimum atomic E-state index is -0.654. The molecule has 2 amide bonds. The van der Waals surface area contributed by atoms with Crippen LogP contribution in [0.15, 0.2) is 77.9 Å². The molecule has 198 valence electrons. The highest BCUT2D eigenvalue weighted by atomic mass is 19.1. The molecule has 1 heterocycles. The molecule has 0 aliphatic carbocycles. The summed E-state index contributed by atoms with van der Waals surface area (Å²) in [7, 11) is 4.66. The second-order valence-corrected chi connectivity index (χ2v) is 8.68. The van der Waals surface area contributed by atoms with Crippen LogP contribution in [0, 0.1) is 5.82 Å². The Morgan fingerprint density at radius 1 is 1.00 bits per heavy atom. The first-order valence-electron chi connectivity index (χ1n) is 12.2. The van der Waals surface area contributed by atoms with Crippen molar-refractivity contribution in [3.8, 4) is 11.5 Å². The average molecular weight is 520 g/mol. The van der Waals surface area contributed by atoms with E-state index in [9.17, 15) is 14.0 Å². The zero-order valence-electron chi connectivity index (χ0n) is 21.6. The fourth-order valence-electron chi connectivity index (χ4n) is 4.40. The Labute approximate surface area is 221 Å². The van der Waals surface area contributed by atoms with Crippen LogP contribution in [-0.4, -0.2) is 68.5 Å².